The van der Waals surface area contributed by atoms with Crippen molar-refractivity contribution in [2.75, 3.05) is 5.73 Å². The van der Waals surface area contributed by atoms with E-state index in [0.29, 0.717) is 24.3 Å². The summed E-state index contributed by atoms with van der Waals surface area (Å²) in [7, 11) is 0. The van der Waals surface area contributed by atoms with Gasteiger partial charge in [-0.2, -0.15) is 0 Å². The fourth-order valence-electron chi connectivity index (χ4n) is 1.51. The second kappa shape index (κ2) is 4.73. The van der Waals surface area contributed by atoms with E-state index in [2.05, 4.69) is 10.1 Å². The Balaban J connectivity index is 2.16. The lowest BCUT2D eigenvalue weighted by Crippen LogP contribution is -2.46. The number of carbonyl (C=O) groups is 2. The van der Waals surface area contributed by atoms with E-state index in [1.165, 1.54) is 0 Å². The third-order valence-corrected chi connectivity index (χ3v) is 3.44. The van der Waals surface area contributed by atoms with Crippen molar-refractivity contribution in [1.82, 2.24) is 4.98 Å². The molecule has 0 saturated heterocycles. The molecule has 96 valence electrons. The highest BCUT2D eigenvalue weighted by molar-refractivity contribution is 7.13. The van der Waals surface area contributed by atoms with Gasteiger partial charge in [-0.05, 0) is 6.42 Å². The van der Waals surface area contributed by atoms with Gasteiger partial charge in [0.2, 0.25) is 5.60 Å². The number of carbonyl (C=O) groups excluding carboxylic acids is 1. The van der Waals surface area contributed by atoms with E-state index in [9.17, 15) is 9.59 Å². The Hall–Kier alpha value is -1.96. The molecule has 0 spiro atoms. The molecule has 1 aliphatic rings. The molecule has 8 heteroatoms. The van der Waals surface area contributed by atoms with Crippen LogP contribution in [0.2, 0.25) is 0 Å². The molecule has 1 saturated carbocycles. The summed E-state index contributed by atoms with van der Waals surface area (Å²) in [5.41, 5.74) is 4.37. The molecule has 0 unspecified atom stereocenters. The van der Waals surface area contributed by atoms with Crippen LogP contribution < -0.4 is 5.73 Å². The van der Waals surface area contributed by atoms with Crippen LogP contribution in [-0.2, 0) is 14.4 Å². The summed E-state index contributed by atoms with van der Waals surface area (Å²) in [6, 6.07) is 0. The monoisotopic (exact) mass is 269 g/mol. The number of rotatable bonds is 5. The van der Waals surface area contributed by atoms with Crippen LogP contribution in [0.3, 0.4) is 0 Å². The summed E-state index contributed by atoms with van der Waals surface area (Å²) >= 11 is 1.16. The van der Waals surface area contributed by atoms with E-state index in [0.717, 1.165) is 17.8 Å². The first kappa shape index (κ1) is 12.5. The molecule has 0 aliphatic heterocycles. The molecule has 0 bridgehead atoms. The van der Waals surface area contributed by atoms with Crippen LogP contribution in [0.4, 0.5) is 5.13 Å². The van der Waals surface area contributed by atoms with Crippen molar-refractivity contribution >= 4 is 34.4 Å². The van der Waals surface area contributed by atoms with Gasteiger partial charge >= 0.3 is 5.97 Å². The van der Waals surface area contributed by atoms with Crippen LogP contribution in [0.25, 0.3) is 0 Å². The fraction of sp³-hybridized carbons (Fsp3) is 0.400. The zero-order chi connectivity index (χ0) is 13.2. The normalized spacial score (nSPS) is 17.9. The molecule has 0 radical (unpaired) electrons. The second-order valence-electron chi connectivity index (χ2n) is 3.91. The van der Waals surface area contributed by atoms with E-state index in [1.54, 1.807) is 5.38 Å². The zero-order valence-electron chi connectivity index (χ0n) is 9.33. The average Bonchev–Trinajstić information content (AvgIpc) is 2.68. The Morgan fingerprint density at radius 3 is 2.78 bits per heavy atom. The van der Waals surface area contributed by atoms with Crippen LogP contribution in [-0.4, -0.2) is 33.7 Å². The van der Waals surface area contributed by atoms with Crippen LogP contribution in [0.1, 0.15) is 25.0 Å². The lowest BCUT2D eigenvalue weighted by atomic mass is 9.80. The molecule has 3 N–H and O–H groups in total. The summed E-state index contributed by atoms with van der Waals surface area (Å²) < 4.78 is 0. The number of carboxylic acids is 1. The van der Waals surface area contributed by atoms with Crippen molar-refractivity contribution in [3.05, 3.63) is 11.1 Å². The van der Waals surface area contributed by atoms with Crippen LogP contribution >= 0.6 is 11.3 Å². The number of nitrogen functional groups attached to an aromatic ring is 1. The van der Waals surface area contributed by atoms with Gasteiger partial charge in [-0.25, -0.2) is 9.78 Å². The number of aromatic nitrogens is 1. The van der Waals surface area contributed by atoms with Gasteiger partial charge in [-0.1, -0.05) is 5.16 Å². The third-order valence-electron chi connectivity index (χ3n) is 2.77. The maximum atomic E-state index is 11.0. The van der Waals surface area contributed by atoms with Crippen molar-refractivity contribution < 1.29 is 19.5 Å². The van der Waals surface area contributed by atoms with Gasteiger partial charge in [0.15, 0.2) is 17.1 Å². The van der Waals surface area contributed by atoms with Crippen molar-refractivity contribution in [3.8, 4) is 0 Å². The molecule has 1 aromatic heterocycles. The molecule has 0 amide bonds. The number of thiazole rings is 1. The van der Waals surface area contributed by atoms with Gasteiger partial charge in [0.25, 0.3) is 0 Å². The Labute approximate surface area is 106 Å². The maximum Gasteiger partial charge on any atom is 0.350 e. The molecular formula is C10H11N3O4S. The number of aliphatic carboxylic acids is 1. The predicted octanol–water partition coefficient (Wildman–Crippen LogP) is 0.652. The van der Waals surface area contributed by atoms with Gasteiger partial charge in [0.05, 0.1) is 0 Å². The van der Waals surface area contributed by atoms with E-state index in [-0.39, 0.29) is 11.4 Å². The number of aldehydes is 1. The fourth-order valence-corrected chi connectivity index (χ4v) is 2.07. The minimum absolute atomic E-state index is 0.0597. The molecule has 18 heavy (non-hydrogen) atoms. The molecule has 1 heterocycles. The van der Waals surface area contributed by atoms with Gasteiger partial charge < -0.3 is 15.7 Å². The molecule has 1 aliphatic carbocycles. The zero-order valence-corrected chi connectivity index (χ0v) is 10.1. The molecule has 1 aromatic rings. The largest absolute Gasteiger partial charge is 0.478 e. The quantitative estimate of drug-likeness (QED) is 0.461. The van der Waals surface area contributed by atoms with Gasteiger partial charge in [-0.3, -0.25) is 4.79 Å². The summed E-state index contributed by atoms with van der Waals surface area (Å²) in [4.78, 5) is 30.8. The first-order valence-corrected chi connectivity index (χ1v) is 6.11. The number of nitrogens with two attached hydrogens (primary N) is 1. The number of oxime groups is 1. The number of hydrogen-bond donors (Lipinski definition) is 2. The molecular weight excluding hydrogens is 258 g/mol. The number of carboxylic acid groups (broad SMARTS) is 1. The first-order valence-electron chi connectivity index (χ1n) is 5.23. The number of nitrogens with zero attached hydrogens (tertiary/aromatic N) is 2. The summed E-state index contributed by atoms with van der Waals surface area (Å²) in [5, 5.41) is 14.5. The summed E-state index contributed by atoms with van der Waals surface area (Å²) in [5.74, 6) is -1.07. The van der Waals surface area contributed by atoms with E-state index in [1.807, 2.05) is 0 Å². The SMILES string of the molecule is Nc1nc(/C(C=O)=N\OC2(C(=O)O)CCC2)cs1. The Kier molecular flexibility index (Phi) is 3.28. The number of anilines is 1. The van der Waals surface area contributed by atoms with Gasteiger partial charge in [0, 0.05) is 18.2 Å². The van der Waals surface area contributed by atoms with E-state index < -0.39 is 11.6 Å². The predicted molar refractivity (Wildman–Crippen MR) is 64.4 cm³/mol. The molecule has 1 fully saturated rings. The van der Waals surface area contributed by atoms with E-state index in [4.69, 9.17) is 15.7 Å². The highest BCUT2D eigenvalue weighted by atomic mass is 32.1. The highest BCUT2D eigenvalue weighted by Crippen LogP contribution is 2.36. The Morgan fingerprint density at radius 1 is 1.67 bits per heavy atom. The minimum atomic E-state index is -1.30. The van der Waals surface area contributed by atoms with Crippen LogP contribution in [0, 0.1) is 0 Å². The molecule has 2 rings (SSSR count). The Bertz CT molecular complexity index is 507. The van der Waals surface area contributed by atoms with Crippen LogP contribution in [0.5, 0.6) is 0 Å². The Morgan fingerprint density at radius 2 is 2.39 bits per heavy atom. The molecule has 0 atom stereocenters. The molecule has 0 aromatic carbocycles. The van der Waals surface area contributed by atoms with Crippen molar-refractivity contribution in [1.29, 1.82) is 0 Å². The minimum Gasteiger partial charge on any atom is -0.478 e. The summed E-state index contributed by atoms with van der Waals surface area (Å²) in [6.07, 6.45) is 2.00. The maximum absolute atomic E-state index is 11.0. The van der Waals surface area contributed by atoms with Crippen molar-refractivity contribution in [2.24, 2.45) is 5.16 Å². The van der Waals surface area contributed by atoms with Gasteiger partial charge in [0.1, 0.15) is 5.69 Å². The van der Waals surface area contributed by atoms with Crippen molar-refractivity contribution in [2.45, 2.75) is 24.9 Å². The molecule has 7 nitrogen and oxygen atoms in total. The lowest BCUT2D eigenvalue weighted by Gasteiger charge is -2.34. The first-order chi connectivity index (χ1) is 8.57. The smallest absolute Gasteiger partial charge is 0.350 e. The van der Waals surface area contributed by atoms with E-state index >= 15 is 0 Å². The standard InChI is InChI=1S/C10H11N3O4S/c11-9-12-7(5-18-9)6(4-14)13-17-10(8(15)16)2-1-3-10/h4-5H,1-3H2,(H2,11,12)(H,15,16)/b13-6-. The third kappa shape index (κ3) is 2.19. The number of hydrogen-bond acceptors (Lipinski definition) is 7. The van der Waals surface area contributed by atoms with Crippen molar-refractivity contribution in [3.63, 3.8) is 0 Å². The van der Waals surface area contributed by atoms with Gasteiger partial charge in [-0.15, -0.1) is 11.3 Å². The van der Waals surface area contributed by atoms with Crippen LogP contribution in [0.15, 0.2) is 10.5 Å². The summed E-state index contributed by atoms with van der Waals surface area (Å²) in [6.45, 7) is 0. The highest BCUT2D eigenvalue weighted by Gasteiger charge is 2.48. The topological polar surface area (TPSA) is 115 Å². The lowest BCUT2D eigenvalue weighted by molar-refractivity contribution is -0.178. The average molecular weight is 269 g/mol. The second-order valence-corrected chi connectivity index (χ2v) is 4.80.